The molecule has 1 heterocycles. The van der Waals surface area contributed by atoms with E-state index in [2.05, 4.69) is 5.32 Å². The molecule has 0 spiro atoms. The molecular weight excluding hydrogens is 449 g/mol. The fourth-order valence-corrected chi connectivity index (χ4v) is 3.95. The Kier molecular flexibility index (Phi) is 7.08. The van der Waals surface area contributed by atoms with Crippen LogP contribution >= 0.6 is 23.2 Å². The molecule has 1 aliphatic rings. The third-order valence-electron chi connectivity index (χ3n) is 5.24. The van der Waals surface area contributed by atoms with Gasteiger partial charge in [-0.25, -0.2) is 0 Å². The fourth-order valence-electron chi connectivity index (χ4n) is 3.57. The fraction of sp³-hybridized carbons (Fsp3) is 0.240. The molecule has 0 aliphatic carbocycles. The van der Waals surface area contributed by atoms with Gasteiger partial charge in [-0.1, -0.05) is 29.3 Å². The number of ether oxygens (including phenoxy) is 3. The number of nitrogens with one attached hydrogen (secondary N) is 1. The van der Waals surface area contributed by atoms with Crippen molar-refractivity contribution in [2.75, 3.05) is 20.3 Å². The number of amides is 1. The first kappa shape index (κ1) is 22.3. The third kappa shape index (κ3) is 5.29. The van der Waals surface area contributed by atoms with Crippen molar-refractivity contribution in [3.8, 4) is 23.0 Å². The van der Waals surface area contributed by atoms with Crippen LogP contribution in [0.25, 0.3) is 0 Å². The maximum absolute atomic E-state index is 12.5. The molecule has 3 aromatic rings. The van der Waals surface area contributed by atoms with Crippen LogP contribution in [0.4, 0.5) is 0 Å². The highest BCUT2D eigenvalue weighted by molar-refractivity contribution is 6.32. The maximum Gasteiger partial charge on any atom is 0.251 e. The van der Waals surface area contributed by atoms with E-state index in [0.29, 0.717) is 52.4 Å². The van der Waals surface area contributed by atoms with E-state index in [9.17, 15) is 4.79 Å². The van der Waals surface area contributed by atoms with Crippen LogP contribution in [0, 0.1) is 0 Å². The summed E-state index contributed by atoms with van der Waals surface area (Å²) in [6, 6.07) is 16.1. The summed E-state index contributed by atoms with van der Waals surface area (Å²) in [4.78, 5) is 12.5. The topological polar surface area (TPSA) is 56.8 Å². The third-order valence-corrected chi connectivity index (χ3v) is 5.77. The lowest BCUT2D eigenvalue weighted by Gasteiger charge is -2.19. The highest BCUT2D eigenvalue weighted by Gasteiger charge is 2.15. The van der Waals surface area contributed by atoms with Gasteiger partial charge in [-0.2, -0.15) is 0 Å². The summed E-state index contributed by atoms with van der Waals surface area (Å²) >= 11 is 12.4. The molecule has 1 amide bonds. The summed E-state index contributed by atoms with van der Waals surface area (Å²) in [5.74, 6) is 2.47. The van der Waals surface area contributed by atoms with Gasteiger partial charge in [0.05, 0.1) is 18.7 Å². The van der Waals surface area contributed by atoms with Gasteiger partial charge in [0.15, 0.2) is 0 Å². The van der Waals surface area contributed by atoms with E-state index in [1.165, 1.54) is 0 Å². The van der Waals surface area contributed by atoms with Crippen LogP contribution in [0.3, 0.4) is 0 Å². The van der Waals surface area contributed by atoms with Gasteiger partial charge in [0.1, 0.15) is 23.0 Å². The average molecular weight is 472 g/mol. The predicted molar refractivity (Wildman–Crippen MR) is 126 cm³/mol. The van der Waals surface area contributed by atoms with Crippen molar-refractivity contribution in [2.45, 2.75) is 19.3 Å². The lowest BCUT2D eigenvalue weighted by atomic mass is 10.1. The SMILES string of the molecule is COc1cc(Cl)ccc1CCNC(=O)c1ccc(Oc2cc3c(cc2Cl)CCCO3)cc1. The summed E-state index contributed by atoms with van der Waals surface area (Å²) in [5, 5.41) is 4.07. The number of methoxy groups -OCH3 is 1. The number of fused-ring (bicyclic) bond motifs is 1. The Balaban J connectivity index is 1.35. The maximum atomic E-state index is 12.5. The predicted octanol–water partition coefficient (Wildman–Crippen LogP) is 6.09. The molecule has 166 valence electrons. The largest absolute Gasteiger partial charge is 0.496 e. The molecule has 5 nitrogen and oxygen atoms in total. The Morgan fingerprint density at radius 1 is 1.06 bits per heavy atom. The van der Waals surface area contributed by atoms with E-state index in [1.54, 1.807) is 43.5 Å². The zero-order valence-electron chi connectivity index (χ0n) is 17.6. The normalized spacial score (nSPS) is 12.5. The lowest BCUT2D eigenvalue weighted by molar-refractivity contribution is 0.0954. The number of carbonyl (C=O) groups excluding carboxylic acids is 1. The van der Waals surface area contributed by atoms with E-state index in [1.807, 2.05) is 18.2 Å². The van der Waals surface area contributed by atoms with Crippen molar-refractivity contribution in [3.63, 3.8) is 0 Å². The summed E-state index contributed by atoms with van der Waals surface area (Å²) in [6.45, 7) is 1.17. The van der Waals surface area contributed by atoms with Crippen LogP contribution in [0.2, 0.25) is 10.0 Å². The van der Waals surface area contributed by atoms with Crippen molar-refractivity contribution in [1.29, 1.82) is 0 Å². The molecule has 0 unspecified atom stereocenters. The Hall–Kier alpha value is -2.89. The second-order valence-corrected chi connectivity index (χ2v) is 8.27. The van der Waals surface area contributed by atoms with E-state index >= 15 is 0 Å². The van der Waals surface area contributed by atoms with Gasteiger partial charge in [-0.05, 0) is 72.9 Å². The minimum atomic E-state index is -0.162. The van der Waals surface area contributed by atoms with E-state index < -0.39 is 0 Å². The highest BCUT2D eigenvalue weighted by Crippen LogP contribution is 2.37. The van der Waals surface area contributed by atoms with Crippen molar-refractivity contribution >= 4 is 29.1 Å². The van der Waals surface area contributed by atoms with E-state index in [0.717, 1.165) is 29.7 Å². The molecular formula is C25H23Cl2NO4. The molecule has 0 atom stereocenters. The Labute approximate surface area is 197 Å². The summed E-state index contributed by atoms with van der Waals surface area (Å²) in [6.07, 6.45) is 2.57. The first-order valence-electron chi connectivity index (χ1n) is 10.4. The minimum Gasteiger partial charge on any atom is -0.496 e. The summed E-state index contributed by atoms with van der Waals surface area (Å²) in [5.41, 5.74) is 2.61. The standard InChI is InChI=1S/C25H23Cl2NO4/c1-30-22-14-19(26)7-4-16(22)10-11-28-25(29)17-5-8-20(9-6-17)32-24-15-23-18(13-21(24)27)3-2-12-31-23/h4-9,13-15H,2-3,10-12H2,1H3,(H,28,29). The second-order valence-electron chi connectivity index (χ2n) is 7.43. The smallest absolute Gasteiger partial charge is 0.251 e. The molecule has 0 saturated carbocycles. The molecule has 0 bridgehead atoms. The average Bonchev–Trinajstić information content (AvgIpc) is 2.80. The van der Waals surface area contributed by atoms with E-state index in [-0.39, 0.29) is 5.91 Å². The summed E-state index contributed by atoms with van der Waals surface area (Å²) < 4.78 is 16.9. The van der Waals surface area contributed by atoms with Gasteiger partial charge in [-0.15, -0.1) is 0 Å². The van der Waals surface area contributed by atoms with Crippen LogP contribution in [-0.2, 0) is 12.8 Å². The molecule has 1 N–H and O–H groups in total. The van der Waals surface area contributed by atoms with Gasteiger partial charge >= 0.3 is 0 Å². The van der Waals surface area contributed by atoms with Crippen molar-refractivity contribution in [2.24, 2.45) is 0 Å². The molecule has 0 saturated heterocycles. The molecule has 0 radical (unpaired) electrons. The number of rotatable bonds is 7. The van der Waals surface area contributed by atoms with Gasteiger partial charge in [-0.3, -0.25) is 4.79 Å². The van der Waals surface area contributed by atoms with Gasteiger partial charge in [0, 0.05) is 23.2 Å². The first-order valence-corrected chi connectivity index (χ1v) is 11.1. The Morgan fingerprint density at radius 2 is 1.88 bits per heavy atom. The molecule has 1 aliphatic heterocycles. The number of aryl methyl sites for hydroxylation is 1. The number of benzene rings is 3. The number of hydrogen-bond acceptors (Lipinski definition) is 4. The monoisotopic (exact) mass is 471 g/mol. The quantitative estimate of drug-likeness (QED) is 0.452. The minimum absolute atomic E-state index is 0.162. The molecule has 4 rings (SSSR count). The van der Waals surface area contributed by atoms with Crippen molar-refractivity contribution in [3.05, 3.63) is 81.3 Å². The molecule has 0 fully saturated rings. The van der Waals surface area contributed by atoms with Crippen LogP contribution in [0.5, 0.6) is 23.0 Å². The number of carbonyl (C=O) groups is 1. The Morgan fingerprint density at radius 3 is 2.66 bits per heavy atom. The first-order chi connectivity index (χ1) is 15.5. The van der Waals surface area contributed by atoms with Gasteiger partial charge in [0.25, 0.3) is 5.91 Å². The van der Waals surface area contributed by atoms with Gasteiger partial charge < -0.3 is 19.5 Å². The van der Waals surface area contributed by atoms with Gasteiger partial charge in [0.2, 0.25) is 0 Å². The van der Waals surface area contributed by atoms with Crippen LogP contribution < -0.4 is 19.5 Å². The molecule has 32 heavy (non-hydrogen) atoms. The zero-order valence-corrected chi connectivity index (χ0v) is 19.1. The van der Waals surface area contributed by atoms with Crippen LogP contribution in [0.15, 0.2) is 54.6 Å². The van der Waals surface area contributed by atoms with Crippen LogP contribution in [0.1, 0.15) is 27.9 Å². The Bertz CT molecular complexity index is 1120. The number of halogens is 2. The van der Waals surface area contributed by atoms with Crippen molar-refractivity contribution in [1.82, 2.24) is 5.32 Å². The summed E-state index contributed by atoms with van der Waals surface area (Å²) in [7, 11) is 1.60. The second kappa shape index (κ2) is 10.2. The molecule has 3 aromatic carbocycles. The van der Waals surface area contributed by atoms with Crippen LogP contribution in [-0.4, -0.2) is 26.2 Å². The van der Waals surface area contributed by atoms with E-state index in [4.69, 9.17) is 37.4 Å². The van der Waals surface area contributed by atoms with Crippen molar-refractivity contribution < 1.29 is 19.0 Å². The molecule has 7 heteroatoms. The lowest BCUT2D eigenvalue weighted by Crippen LogP contribution is -2.25. The molecule has 0 aromatic heterocycles. The zero-order chi connectivity index (χ0) is 22.5. The highest BCUT2D eigenvalue weighted by atomic mass is 35.5. The number of hydrogen-bond donors (Lipinski definition) is 1.